The first kappa shape index (κ1) is 20.2. The molecule has 1 heterocycles. The van der Waals surface area contributed by atoms with E-state index in [1.807, 2.05) is 12.3 Å². The molecule has 142 valence electrons. The van der Waals surface area contributed by atoms with Crippen molar-refractivity contribution in [2.45, 2.75) is 39.5 Å². The number of pyridine rings is 1. The van der Waals surface area contributed by atoms with E-state index in [4.69, 9.17) is 4.99 Å². The Kier molecular flexibility index (Phi) is 8.90. The third-order valence-corrected chi connectivity index (χ3v) is 4.49. The molecule has 1 atom stereocenters. The zero-order valence-electron chi connectivity index (χ0n) is 16.0. The van der Waals surface area contributed by atoms with E-state index >= 15 is 0 Å². The third kappa shape index (κ3) is 6.30. The summed E-state index contributed by atoms with van der Waals surface area (Å²) in [6.07, 6.45) is 5.79. The van der Waals surface area contributed by atoms with Gasteiger partial charge in [-0.2, -0.15) is 0 Å². The number of nitrogens with zero attached hydrogens (tertiary/aromatic N) is 2. The lowest BCUT2D eigenvalue weighted by Gasteiger charge is -2.15. The molecule has 3 N–H and O–H groups in total. The summed E-state index contributed by atoms with van der Waals surface area (Å²) in [7, 11) is 0. The van der Waals surface area contributed by atoms with Crippen LogP contribution in [0.3, 0.4) is 0 Å². The minimum atomic E-state index is 0.234. The summed E-state index contributed by atoms with van der Waals surface area (Å²) < 4.78 is 0. The van der Waals surface area contributed by atoms with E-state index in [0.717, 1.165) is 56.8 Å². The van der Waals surface area contributed by atoms with Gasteiger partial charge in [0.25, 0.3) is 0 Å². The van der Waals surface area contributed by atoms with Gasteiger partial charge in [0.05, 0.1) is 5.52 Å². The monoisotopic (exact) mass is 356 g/mol. The number of para-hydroxylation sites is 1. The molecule has 0 fully saturated rings. The van der Waals surface area contributed by atoms with E-state index in [2.05, 4.69) is 53.7 Å². The molecule has 1 unspecified atom stereocenters. The van der Waals surface area contributed by atoms with Crippen LogP contribution in [0.1, 0.15) is 38.7 Å². The number of aliphatic hydroxyl groups excluding tert-OH is 1. The van der Waals surface area contributed by atoms with Crippen molar-refractivity contribution >= 4 is 16.9 Å². The Morgan fingerprint density at radius 3 is 2.77 bits per heavy atom. The fourth-order valence-electron chi connectivity index (χ4n) is 3.16. The van der Waals surface area contributed by atoms with E-state index in [0.29, 0.717) is 5.92 Å². The van der Waals surface area contributed by atoms with Gasteiger partial charge in [-0.3, -0.25) is 9.98 Å². The van der Waals surface area contributed by atoms with Crippen LogP contribution in [-0.2, 0) is 6.42 Å². The highest BCUT2D eigenvalue weighted by molar-refractivity contribution is 5.82. The fraction of sp³-hybridized carbons (Fsp3) is 0.524. The molecule has 0 saturated heterocycles. The maximum absolute atomic E-state index is 9.20. The van der Waals surface area contributed by atoms with Crippen molar-refractivity contribution in [2.24, 2.45) is 10.9 Å². The number of benzene rings is 1. The molecule has 0 amide bonds. The molecule has 5 nitrogen and oxygen atoms in total. The third-order valence-electron chi connectivity index (χ3n) is 4.49. The summed E-state index contributed by atoms with van der Waals surface area (Å²) >= 11 is 0. The van der Waals surface area contributed by atoms with Gasteiger partial charge < -0.3 is 15.7 Å². The van der Waals surface area contributed by atoms with Crippen molar-refractivity contribution in [3.8, 4) is 0 Å². The van der Waals surface area contributed by atoms with Gasteiger partial charge in [-0.25, -0.2) is 0 Å². The molecule has 0 saturated carbocycles. The number of nitrogens with one attached hydrogen (secondary N) is 2. The SMILES string of the molecule is CCCC(CCO)CN=C(NCC)NCCc1cccc2cccnc12. The quantitative estimate of drug-likeness (QED) is 0.452. The number of hydrogen-bond donors (Lipinski definition) is 3. The molecular formula is C21H32N4O. The zero-order valence-corrected chi connectivity index (χ0v) is 16.0. The van der Waals surface area contributed by atoms with Gasteiger partial charge in [-0.1, -0.05) is 37.6 Å². The molecule has 1 aromatic heterocycles. The number of fused-ring (bicyclic) bond motifs is 1. The Hall–Kier alpha value is -2.14. The topological polar surface area (TPSA) is 69.5 Å². The molecule has 0 spiro atoms. The Bertz CT molecular complexity index is 675. The molecule has 0 radical (unpaired) electrons. The first-order chi connectivity index (χ1) is 12.8. The second kappa shape index (κ2) is 11.5. The summed E-state index contributed by atoms with van der Waals surface area (Å²) in [4.78, 5) is 9.23. The first-order valence-electron chi connectivity index (χ1n) is 9.74. The Morgan fingerprint density at radius 1 is 1.15 bits per heavy atom. The average Bonchev–Trinajstić information content (AvgIpc) is 2.66. The molecule has 5 heteroatoms. The molecule has 0 bridgehead atoms. The van der Waals surface area contributed by atoms with Crippen LogP contribution in [-0.4, -0.2) is 42.3 Å². The Labute approximate surface area is 157 Å². The second-order valence-electron chi connectivity index (χ2n) is 6.56. The summed E-state index contributed by atoms with van der Waals surface area (Å²) in [6, 6.07) is 10.4. The maximum atomic E-state index is 9.20. The molecule has 1 aromatic carbocycles. The van der Waals surface area contributed by atoms with Gasteiger partial charge in [0.2, 0.25) is 0 Å². The molecule has 0 aliphatic heterocycles. The van der Waals surface area contributed by atoms with Crippen LogP contribution in [0.4, 0.5) is 0 Å². The van der Waals surface area contributed by atoms with E-state index in [-0.39, 0.29) is 6.61 Å². The fourth-order valence-corrected chi connectivity index (χ4v) is 3.16. The van der Waals surface area contributed by atoms with Crippen LogP contribution in [0.15, 0.2) is 41.5 Å². The number of rotatable bonds is 10. The van der Waals surface area contributed by atoms with Gasteiger partial charge in [0.15, 0.2) is 5.96 Å². The molecule has 26 heavy (non-hydrogen) atoms. The van der Waals surface area contributed by atoms with Gasteiger partial charge in [0, 0.05) is 37.8 Å². The van der Waals surface area contributed by atoms with Gasteiger partial charge >= 0.3 is 0 Å². The Morgan fingerprint density at radius 2 is 2.00 bits per heavy atom. The average molecular weight is 357 g/mol. The molecule has 2 aromatic rings. The number of aliphatic hydroxyl groups is 1. The first-order valence-corrected chi connectivity index (χ1v) is 9.74. The summed E-state index contributed by atoms with van der Waals surface area (Å²) in [5, 5.41) is 17.1. The standard InChI is InChI=1S/C21H32N4O/c1-3-7-17(12-15-26)16-25-21(22-4-2)24-14-11-19-9-5-8-18-10-6-13-23-20(18)19/h5-6,8-10,13,17,26H,3-4,7,11-12,14-16H2,1-2H3,(H2,22,24,25). The lowest BCUT2D eigenvalue weighted by Crippen LogP contribution is -2.38. The van der Waals surface area contributed by atoms with Crippen LogP contribution in [0.25, 0.3) is 10.9 Å². The van der Waals surface area contributed by atoms with Crippen LogP contribution in [0.2, 0.25) is 0 Å². The number of aromatic nitrogens is 1. The van der Waals surface area contributed by atoms with Gasteiger partial charge in [0.1, 0.15) is 0 Å². The van der Waals surface area contributed by atoms with Crippen molar-refractivity contribution in [3.05, 3.63) is 42.1 Å². The normalized spacial score (nSPS) is 13.0. The Balaban J connectivity index is 1.94. The lowest BCUT2D eigenvalue weighted by molar-refractivity contribution is 0.253. The molecule has 0 aliphatic carbocycles. The van der Waals surface area contributed by atoms with Crippen molar-refractivity contribution in [2.75, 3.05) is 26.2 Å². The molecule has 2 rings (SSSR count). The van der Waals surface area contributed by atoms with Crippen molar-refractivity contribution in [1.29, 1.82) is 0 Å². The largest absolute Gasteiger partial charge is 0.396 e. The van der Waals surface area contributed by atoms with Crippen LogP contribution in [0.5, 0.6) is 0 Å². The number of aliphatic imine (C=N–C) groups is 1. The van der Waals surface area contributed by atoms with Gasteiger partial charge in [-0.05, 0) is 43.7 Å². The smallest absolute Gasteiger partial charge is 0.191 e. The minimum Gasteiger partial charge on any atom is -0.396 e. The number of hydrogen-bond acceptors (Lipinski definition) is 3. The summed E-state index contributed by atoms with van der Waals surface area (Å²) in [5.74, 6) is 1.29. The summed E-state index contributed by atoms with van der Waals surface area (Å²) in [6.45, 7) is 6.87. The predicted molar refractivity (Wildman–Crippen MR) is 110 cm³/mol. The van der Waals surface area contributed by atoms with Gasteiger partial charge in [-0.15, -0.1) is 0 Å². The van der Waals surface area contributed by atoms with E-state index in [1.54, 1.807) is 0 Å². The highest BCUT2D eigenvalue weighted by atomic mass is 16.3. The highest BCUT2D eigenvalue weighted by Gasteiger charge is 2.07. The maximum Gasteiger partial charge on any atom is 0.191 e. The second-order valence-corrected chi connectivity index (χ2v) is 6.56. The molecule has 0 aliphatic rings. The van der Waals surface area contributed by atoms with Crippen molar-refractivity contribution in [1.82, 2.24) is 15.6 Å². The van der Waals surface area contributed by atoms with Crippen LogP contribution < -0.4 is 10.6 Å². The lowest BCUT2D eigenvalue weighted by atomic mass is 10.0. The zero-order chi connectivity index (χ0) is 18.6. The van der Waals surface area contributed by atoms with Crippen LogP contribution >= 0.6 is 0 Å². The van der Waals surface area contributed by atoms with E-state index in [9.17, 15) is 5.11 Å². The van der Waals surface area contributed by atoms with Crippen molar-refractivity contribution in [3.63, 3.8) is 0 Å². The molecular weight excluding hydrogens is 324 g/mol. The van der Waals surface area contributed by atoms with E-state index in [1.165, 1.54) is 10.9 Å². The minimum absolute atomic E-state index is 0.234. The highest BCUT2D eigenvalue weighted by Crippen LogP contribution is 2.16. The number of guanidine groups is 1. The predicted octanol–water partition coefficient (Wildman–Crippen LogP) is 3.13. The van der Waals surface area contributed by atoms with Crippen LogP contribution in [0, 0.1) is 5.92 Å². The van der Waals surface area contributed by atoms with E-state index < -0.39 is 0 Å². The van der Waals surface area contributed by atoms with Crippen molar-refractivity contribution < 1.29 is 5.11 Å². The summed E-state index contributed by atoms with van der Waals surface area (Å²) in [5.41, 5.74) is 2.32.